The van der Waals surface area contributed by atoms with Gasteiger partial charge in [-0.15, -0.1) is 0 Å². The van der Waals surface area contributed by atoms with Crippen molar-refractivity contribution in [3.05, 3.63) is 91.6 Å². The first-order valence-electron chi connectivity index (χ1n) is 15.7. The van der Waals surface area contributed by atoms with Gasteiger partial charge >= 0.3 is 5.97 Å². The highest BCUT2D eigenvalue weighted by Crippen LogP contribution is 2.59. The topological polar surface area (TPSA) is 113 Å². The van der Waals surface area contributed by atoms with E-state index in [1.807, 2.05) is 0 Å². The molecule has 1 aromatic carbocycles. The van der Waals surface area contributed by atoms with Crippen molar-refractivity contribution in [1.29, 1.82) is 0 Å². The number of esters is 1. The molecule has 6 unspecified atom stereocenters. The molecule has 3 aliphatic rings. The maximum atomic E-state index is 12.9. The molecule has 43 heavy (non-hydrogen) atoms. The highest BCUT2D eigenvalue weighted by Gasteiger charge is 2.50. The summed E-state index contributed by atoms with van der Waals surface area (Å²) in [5.41, 5.74) is 2.63. The normalized spacial score (nSPS) is 29.2. The Hall–Kier alpha value is -3.55. The zero-order valence-electron chi connectivity index (χ0n) is 26.2. The minimum Gasteiger partial charge on any atom is -0.458 e. The maximum absolute atomic E-state index is 12.9. The van der Waals surface area contributed by atoms with Gasteiger partial charge in [0.1, 0.15) is 6.10 Å². The van der Waals surface area contributed by atoms with Crippen molar-refractivity contribution in [2.24, 2.45) is 35.0 Å². The van der Waals surface area contributed by atoms with Gasteiger partial charge in [0.05, 0.1) is 21.5 Å². The zero-order valence-corrected chi connectivity index (χ0v) is 26.2. The largest absolute Gasteiger partial charge is 0.458 e. The molecule has 3 fully saturated rings. The van der Waals surface area contributed by atoms with Gasteiger partial charge in [0.2, 0.25) is 0 Å². The van der Waals surface area contributed by atoms with E-state index in [1.165, 1.54) is 31.3 Å². The number of carbonyl (C=O) groups is 1. The van der Waals surface area contributed by atoms with E-state index < -0.39 is 33.3 Å². The first kappa shape index (κ1) is 32.4. The Bertz CT molecular complexity index is 1330. The Kier molecular flexibility index (Phi) is 10.1. The smallest absolute Gasteiger partial charge is 0.338 e. The molecule has 0 bridgehead atoms. The number of hydrogen-bond acceptors (Lipinski definition) is 6. The standard InChI is InChI=1S/C35H46N2O6/c1-22(2)23(3)9-10-25(5)32-15-16-33-26(8-7-17-35(32,33)6)12-13-27-20-31(14-11-24(27)4)43-34(38)28-18-29(36(39)40)21-30(19-28)37(41)42/h9-10,12-13,18-19,21-23,25,31-33H,4,7-8,11,14-17,20H2,1-3,5-6H3. The highest BCUT2D eigenvalue weighted by molar-refractivity contribution is 5.91. The molecule has 0 heterocycles. The third-order valence-electron chi connectivity index (χ3n) is 10.4. The Labute approximate surface area is 255 Å². The number of hydrogen-bond donors (Lipinski definition) is 0. The predicted molar refractivity (Wildman–Crippen MR) is 169 cm³/mol. The molecule has 232 valence electrons. The number of nitro benzene ring substituents is 2. The van der Waals surface area contributed by atoms with Gasteiger partial charge in [0.25, 0.3) is 11.4 Å². The molecular formula is C35H46N2O6. The van der Waals surface area contributed by atoms with Crippen LogP contribution in [-0.2, 0) is 4.74 Å². The number of non-ortho nitro benzene ring substituents is 2. The molecule has 0 aromatic heterocycles. The van der Waals surface area contributed by atoms with Crippen LogP contribution < -0.4 is 0 Å². The van der Waals surface area contributed by atoms with E-state index in [1.54, 1.807) is 0 Å². The summed E-state index contributed by atoms with van der Waals surface area (Å²) in [5, 5.41) is 22.5. The molecular weight excluding hydrogens is 544 g/mol. The average molecular weight is 591 g/mol. The fraction of sp³-hybridized carbons (Fsp3) is 0.571. The molecule has 8 heteroatoms. The van der Waals surface area contributed by atoms with Crippen LogP contribution >= 0.6 is 0 Å². The lowest BCUT2D eigenvalue weighted by atomic mass is 9.61. The second kappa shape index (κ2) is 13.4. The first-order valence-corrected chi connectivity index (χ1v) is 15.7. The molecule has 6 atom stereocenters. The Morgan fingerprint density at radius 1 is 1.00 bits per heavy atom. The minimum absolute atomic E-state index is 0.196. The number of nitro groups is 2. The van der Waals surface area contributed by atoms with Crippen molar-refractivity contribution in [3.8, 4) is 0 Å². The molecule has 8 nitrogen and oxygen atoms in total. The van der Waals surface area contributed by atoms with E-state index in [0.717, 1.165) is 35.8 Å². The molecule has 0 saturated heterocycles. The quantitative estimate of drug-likeness (QED) is 0.123. The SMILES string of the molecule is C=C1CCC(OC(=O)c2cc([N+](=O)[O-])cc([N+](=O)[O-])c2)CC1=CC=C1CCCC2(C)C1CCC2C(C)C=CC(C)C(C)C. The van der Waals surface area contributed by atoms with Crippen LogP contribution in [-0.4, -0.2) is 21.9 Å². The predicted octanol–water partition coefficient (Wildman–Crippen LogP) is 9.32. The first-order chi connectivity index (χ1) is 20.3. The van der Waals surface area contributed by atoms with Crippen LogP contribution in [0, 0.1) is 55.2 Å². The summed E-state index contributed by atoms with van der Waals surface area (Å²) in [6, 6.07) is 2.88. The van der Waals surface area contributed by atoms with E-state index in [2.05, 4.69) is 65.5 Å². The van der Waals surface area contributed by atoms with Crippen LogP contribution in [0.15, 0.2) is 65.8 Å². The number of nitrogens with zero attached hydrogens (tertiary/aromatic N) is 2. The van der Waals surface area contributed by atoms with Crippen molar-refractivity contribution in [1.82, 2.24) is 0 Å². The van der Waals surface area contributed by atoms with Gasteiger partial charge in [-0.1, -0.05) is 76.6 Å². The third kappa shape index (κ3) is 7.34. The van der Waals surface area contributed by atoms with Crippen LogP contribution in [0.1, 0.15) is 96.3 Å². The molecule has 4 rings (SSSR count). The Balaban J connectivity index is 1.47. The average Bonchev–Trinajstić information content (AvgIpc) is 3.33. The van der Waals surface area contributed by atoms with Crippen LogP contribution in [0.25, 0.3) is 0 Å². The van der Waals surface area contributed by atoms with Gasteiger partial charge < -0.3 is 4.74 Å². The second-order valence-electron chi connectivity index (χ2n) is 13.5. The van der Waals surface area contributed by atoms with Crippen molar-refractivity contribution >= 4 is 17.3 Å². The fourth-order valence-corrected chi connectivity index (χ4v) is 7.47. The van der Waals surface area contributed by atoms with Gasteiger partial charge in [0, 0.05) is 18.6 Å². The molecule has 1 aromatic rings. The van der Waals surface area contributed by atoms with Crippen LogP contribution in [0.5, 0.6) is 0 Å². The fourth-order valence-electron chi connectivity index (χ4n) is 7.47. The molecule has 0 radical (unpaired) electrons. The Morgan fingerprint density at radius 2 is 1.67 bits per heavy atom. The molecule has 0 amide bonds. The van der Waals surface area contributed by atoms with E-state index in [0.29, 0.717) is 48.9 Å². The van der Waals surface area contributed by atoms with E-state index in [-0.39, 0.29) is 11.0 Å². The number of allylic oxidation sites excluding steroid dienone is 6. The molecule has 0 N–H and O–H groups in total. The van der Waals surface area contributed by atoms with Crippen LogP contribution in [0.2, 0.25) is 0 Å². The number of ether oxygens (including phenoxy) is 1. The zero-order chi connectivity index (χ0) is 31.5. The van der Waals surface area contributed by atoms with E-state index in [9.17, 15) is 25.0 Å². The summed E-state index contributed by atoms with van der Waals surface area (Å²) in [4.78, 5) is 33.9. The summed E-state index contributed by atoms with van der Waals surface area (Å²) in [6.45, 7) is 16.0. The number of benzene rings is 1. The van der Waals surface area contributed by atoms with E-state index >= 15 is 0 Å². The van der Waals surface area contributed by atoms with Crippen molar-refractivity contribution in [2.45, 2.75) is 92.1 Å². The van der Waals surface area contributed by atoms with Gasteiger partial charge in [-0.2, -0.15) is 0 Å². The van der Waals surface area contributed by atoms with Gasteiger partial charge in [-0.25, -0.2) is 4.79 Å². The van der Waals surface area contributed by atoms with Crippen molar-refractivity contribution < 1.29 is 19.4 Å². The van der Waals surface area contributed by atoms with Gasteiger partial charge in [-0.3, -0.25) is 20.2 Å². The lowest BCUT2D eigenvalue weighted by Crippen LogP contribution is -2.35. The molecule has 0 spiro atoms. The molecule has 3 saturated carbocycles. The summed E-state index contributed by atoms with van der Waals surface area (Å²) >= 11 is 0. The number of fused-ring (bicyclic) bond motifs is 1. The lowest BCUT2D eigenvalue weighted by molar-refractivity contribution is -0.394. The molecule has 3 aliphatic carbocycles. The second-order valence-corrected chi connectivity index (χ2v) is 13.5. The van der Waals surface area contributed by atoms with Crippen LogP contribution in [0.3, 0.4) is 0 Å². The summed E-state index contributed by atoms with van der Waals surface area (Å²) in [6.07, 6.45) is 16.6. The summed E-state index contributed by atoms with van der Waals surface area (Å²) in [7, 11) is 0. The summed E-state index contributed by atoms with van der Waals surface area (Å²) in [5.74, 6) is 2.21. The Morgan fingerprint density at radius 3 is 2.30 bits per heavy atom. The van der Waals surface area contributed by atoms with Gasteiger partial charge in [-0.05, 0) is 85.5 Å². The minimum atomic E-state index is -0.798. The monoisotopic (exact) mass is 590 g/mol. The lowest BCUT2D eigenvalue weighted by Gasteiger charge is -2.44. The van der Waals surface area contributed by atoms with Crippen molar-refractivity contribution in [2.75, 3.05) is 0 Å². The number of rotatable bonds is 9. The highest BCUT2D eigenvalue weighted by atomic mass is 16.6. The molecule has 0 aliphatic heterocycles. The summed E-state index contributed by atoms with van der Waals surface area (Å²) < 4.78 is 5.70. The van der Waals surface area contributed by atoms with Gasteiger partial charge in [0.15, 0.2) is 0 Å². The third-order valence-corrected chi connectivity index (χ3v) is 10.4. The van der Waals surface area contributed by atoms with Crippen molar-refractivity contribution in [3.63, 3.8) is 0 Å². The number of carbonyl (C=O) groups excluding carboxylic acids is 1. The van der Waals surface area contributed by atoms with E-state index in [4.69, 9.17) is 4.74 Å². The van der Waals surface area contributed by atoms with Crippen LogP contribution in [0.4, 0.5) is 11.4 Å². The maximum Gasteiger partial charge on any atom is 0.338 e.